The minimum atomic E-state index is 0. The highest BCUT2D eigenvalue weighted by Gasteiger charge is 1.98. The van der Waals surface area contributed by atoms with Gasteiger partial charge in [-0.15, -0.1) is 12.4 Å². The lowest BCUT2D eigenvalue weighted by atomic mass is 10.0. The van der Waals surface area contributed by atoms with Crippen LogP contribution < -0.4 is 10.5 Å². The van der Waals surface area contributed by atoms with Crippen LogP contribution in [0.15, 0.2) is 48.5 Å². The molecule has 2 aromatic carbocycles. The molecule has 3 heteroatoms. The third-order valence-corrected chi connectivity index (χ3v) is 2.61. The van der Waals surface area contributed by atoms with Crippen molar-refractivity contribution in [2.45, 2.75) is 6.54 Å². The van der Waals surface area contributed by atoms with Crippen molar-refractivity contribution in [2.24, 2.45) is 5.73 Å². The van der Waals surface area contributed by atoms with E-state index in [1.54, 1.807) is 7.11 Å². The average Bonchev–Trinajstić information content (AvgIpc) is 2.39. The van der Waals surface area contributed by atoms with Gasteiger partial charge >= 0.3 is 0 Å². The monoisotopic (exact) mass is 249 g/mol. The number of hydrogen-bond donors (Lipinski definition) is 1. The van der Waals surface area contributed by atoms with E-state index in [1.807, 2.05) is 12.1 Å². The first-order valence-corrected chi connectivity index (χ1v) is 5.27. The highest BCUT2D eigenvalue weighted by atomic mass is 35.5. The van der Waals surface area contributed by atoms with E-state index in [0.29, 0.717) is 6.54 Å². The van der Waals surface area contributed by atoms with Gasteiger partial charge in [-0.3, -0.25) is 0 Å². The molecule has 0 unspecified atom stereocenters. The number of methoxy groups -OCH3 is 1. The van der Waals surface area contributed by atoms with Crippen LogP contribution in [0.1, 0.15) is 5.56 Å². The van der Waals surface area contributed by atoms with Gasteiger partial charge in [0.2, 0.25) is 0 Å². The summed E-state index contributed by atoms with van der Waals surface area (Å²) in [6.07, 6.45) is 0. The first-order valence-electron chi connectivity index (χ1n) is 5.27. The van der Waals surface area contributed by atoms with E-state index >= 15 is 0 Å². The smallest absolute Gasteiger partial charge is 0.118 e. The molecule has 0 saturated heterocycles. The molecule has 0 spiro atoms. The summed E-state index contributed by atoms with van der Waals surface area (Å²) in [5.41, 5.74) is 9.09. The minimum absolute atomic E-state index is 0. The molecule has 2 N–H and O–H groups in total. The molecule has 2 aromatic rings. The zero-order valence-electron chi connectivity index (χ0n) is 9.72. The zero-order valence-corrected chi connectivity index (χ0v) is 10.5. The van der Waals surface area contributed by atoms with Crippen LogP contribution in [0.3, 0.4) is 0 Å². The molecular weight excluding hydrogens is 234 g/mol. The first kappa shape index (κ1) is 13.6. The number of benzene rings is 2. The quantitative estimate of drug-likeness (QED) is 0.906. The molecule has 0 radical (unpaired) electrons. The Balaban J connectivity index is 0.00000144. The number of nitrogens with two attached hydrogens (primary N) is 1. The largest absolute Gasteiger partial charge is 0.497 e. The van der Waals surface area contributed by atoms with Crippen LogP contribution >= 0.6 is 12.4 Å². The van der Waals surface area contributed by atoms with Crippen molar-refractivity contribution in [3.05, 3.63) is 54.1 Å². The molecule has 0 bridgehead atoms. The normalized spacial score (nSPS) is 9.53. The maximum Gasteiger partial charge on any atom is 0.118 e. The maximum absolute atomic E-state index is 5.56. The van der Waals surface area contributed by atoms with Gasteiger partial charge < -0.3 is 10.5 Å². The van der Waals surface area contributed by atoms with Crippen LogP contribution in [0.5, 0.6) is 5.75 Å². The Bertz CT molecular complexity index is 405. The van der Waals surface area contributed by atoms with Crippen molar-refractivity contribution in [3.63, 3.8) is 0 Å². The number of halogens is 1. The minimum Gasteiger partial charge on any atom is -0.497 e. The van der Waals surface area contributed by atoms with E-state index in [2.05, 4.69) is 36.4 Å². The Morgan fingerprint density at radius 1 is 0.882 bits per heavy atom. The Morgan fingerprint density at radius 3 is 1.76 bits per heavy atom. The van der Waals surface area contributed by atoms with Crippen molar-refractivity contribution in [1.82, 2.24) is 0 Å². The van der Waals surface area contributed by atoms with Gasteiger partial charge in [0.1, 0.15) is 5.75 Å². The molecule has 0 aliphatic rings. The summed E-state index contributed by atoms with van der Waals surface area (Å²) in [4.78, 5) is 0. The average molecular weight is 250 g/mol. The second-order valence-corrected chi connectivity index (χ2v) is 3.63. The summed E-state index contributed by atoms with van der Waals surface area (Å²) >= 11 is 0. The Labute approximate surface area is 108 Å². The molecule has 0 fully saturated rings. The predicted octanol–water partition coefficient (Wildman–Crippen LogP) is 3.24. The lowest BCUT2D eigenvalue weighted by molar-refractivity contribution is 0.415. The highest BCUT2D eigenvalue weighted by Crippen LogP contribution is 2.22. The third kappa shape index (κ3) is 3.22. The Morgan fingerprint density at radius 2 is 1.35 bits per heavy atom. The highest BCUT2D eigenvalue weighted by molar-refractivity contribution is 5.85. The summed E-state index contributed by atoms with van der Waals surface area (Å²) in [6.45, 7) is 0.586. The number of ether oxygens (including phenoxy) is 1. The van der Waals surface area contributed by atoms with Gasteiger partial charge in [-0.2, -0.15) is 0 Å². The second kappa shape index (κ2) is 6.28. The molecule has 17 heavy (non-hydrogen) atoms. The van der Waals surface area contributed by atoms with Crippen LogP contribution in [0.4, 0.5) is 0 Å². The van der Waals surface area contributed by atoms with Crippen molar-refractivity contribution < 1.29 is 4.74 Å². The van der Waals surface area contributed by atoms with Crippen LogP contribution in [0.25, 0.3) is 11.1 Å². The molecule has 2 rings (SSSR count). The molecule has 0 atom stereocenters. The molecule has 0 aliphatic heterocycles. The lowest BCUT2D eigenvalue weighted by Crippen LogP contribution is -1.95. The molecule has 0 heterocycles. The number of hydrogen-bond acceptors (Lipinski definition) is 2. The van der Waals surface area contributed by atoms with Gasteiger partial charge in [-0.05, 0) is 28.8 Å². The van der Waals surface area contributed by atoms with Crippen molar-refractivity contribution in [2.75, 3.05) is 7.11 Å². The topological polar surface area (TPSA) is 35.2 Å². The zero-order chi connectivity index (χ0) is 11.4. The summed E-state index contributed by atoms with van der Waals surface area (Å²) < 4.78 is 5.13. The molecule has 0 aliphatic carbocycles. The van der Waals surface area contributed by atoms with Crippen molar-refractivity contribution >= 4 is 12.4 Å². The van der Waals surface area contributed by atoms with E-state index in [0.717, 1.165) is 11.3 Å². The fourth-order valence-electron chi connectivity index (χ4n) is 1.62. The summed E-state index contributed by atoms with van der Waals surface area (Å²) in [5.74, 6) is 0.877. The van der Waals surface area contributed by atoms with E-state index in [1.165, 1.54) is 11.1 Å². The van der Waals surface area contributed by atoms with E-state index in [9.17, 15) is 0 Å². The van der Waals surface area contributed by atoms with E-state index < -0.39 is 0 Å². The van der Waals surface area contributed by atoms with Crippen molar-refractivity contribution in [3.8, 4) is 16.9 Å². The molecule has 0 amide bonds. The molecule has 2 nitrogen and oxygen atoms in total. The number of rotatable bonds is 3. The summed E-state index contributed by atoms with van der Waals surface area (Å²) in [6, 6.07) is 16.3. The summed E-state index contributed by atoms with van der Waals surface area (Å²) in [7, 11) is 1.67. The maximum atomic E-state index is 5.56. The van der Waals surface area contributed by atoms with E-state index in [-0.39, 0.29) is 12.4 Å². The van der Waals surface area contributed by atoms with Crippen LogP contribution in [0.2, 0.25) is 0 Å². The third-order valence-electron chi connectivity index (χ3n) is 2.61. The van der Waals surface area contributed by atoms with Gasteiger partial charge in [-0.25, -0.2) is 0 Å². The fourth-order valence-corrected chi connectivity index (χ4v) is 1.62. The van der Waals surface area contributed by atoms with Crippen molar-refractivity contribution in [1.29, 1.82) is 0 Å². The van der Waals surface area contributed by atoms with Gasteiger partial charge in [0, 0.05) is 6.54 Å². The van der Waals surface area contributed by atoms with E-state index in [4.69, 9.17) is 10.5 Å². The van der Waals surface area contributed by atoms with Crippen LogP contribution in [0, 0.1) is 0 Å². The Hall–Kier alpha value is -1.51. The second-order valence-electron chi connectivity index (χ2n) is 3.63. The molecular formula is C14H16ClNO. The predicted molar refractivity (Wildman–Crippen MR) is 73.6 cm³/mol. The summed E-state index contributed by atoms with van der Waals surface area (Å²) in [5, 5.41) is 0. The van der Waals surface area contributed by atoms with Gasteiger partial charge in [-0.1, -0.05) is 36.4 Å². The van der Waals surface area contributed by atoms with Crippen LogP contribution in [-0.4, -0.2) is 7.11 Å². The van der Waals surface area contributed by atoms with Gasteiger partial charge in [0.05, 0.1) is 7.11 Å². The molecule has 0 saturated carbocycles. The van der Waals surface area contributed by atoms with Gasteiger partial charge in [0.25, 0.3) is 0 Å². The lowest BCUT2D eigenvalue weighted by Gasteiger charge is -2.04. The Kier molecular flexibility index (Phi) is 5.01. The first-order chi connectivity index (χ1) is 7.83. The van der Waals surface area contributed by atoms with Gasteiger partial charge in [0.15, 0.2) is 0 Å². The van der Waals surface area contributed by atoms with Crippen LogP contribution in [-0.2, 0) is 6.54 Å². The SMILES string of the molecule is COc1ccc(-c2ccc(CN)cc2)cc1.Cl. The fraction of sp³-hybridized carbons (Fsp3) is 0.143. The molecule has 0 aromatic heterocycles. The standard InChI is InChI=1S/C14H15NO.ClH/c1-16-14-8-6-13(7-9-14)12-4-2-11(10-15)3-5-12;/h2-9H,10,15H2,1H3;1H. The molecule has 90 valence electrons.